The third kappa shape index (κ3) is 11.9. The van der Waals surface area contributed by atoms with E-state index < -0.39 is 23.3 Å². The molecule has 0 unspecified atom stereocenters. The Balaban J connectivity index is 0.00000729. The van der Waals surface area contributed by atoms with Gasteiger partial charge in [-0.1, -0.05) is 6.07 Å². The molecule has 28 heavy (non-hydrogen) atoms. The summed E-state index contributed by atoms with van der Waals surface area (Å²) in [4.78, 5) is 15.9. The Morgan fingerprint density at radius 1 is 1.14 bits per heavy atom. The number of guanidine groups is 1. The fraction of sp³-hybridized carbons (Fsp3) is 0.579. The van der Waals surface area contributed by atoms with Crippen molar-refractivity contribution >= 4 is 36.0 Å². The molecule has 160 valence electrons. The molecular formula is C19H31F2IN4O2. The quantitative estimate of drug-likeness (QED) is 0.216. The molecule has 0 heterocycles. The number of ether oxygens (including phenoxy) is 1. The van der Waals surface area contributed by atoms with E-state index in [4.69, 9.17) is 4.74 Å². The summed E-state index contributed by atoms with van der Waals surface area (Å²) < 4.78 is 31.7. The predicted octanol–water partition coefficient (Wildman–Crippen LogP) is 3.60. The number of hydrogen-bond acceptors (Lipinski definition) is 3. The SMILES string of the molecule is CCNC(=NCCCNC(=O)OC(C)(C)C)NCCc1ccc(F)cc1F.I. The highest BCUT2D eigenvalue weighted by molar-refractivity contribution is 14.0. The number of nitrogens with zero attached hydrogens (tertiary/aromatic N) is 1. The zero-order valence-electron chi connectivity index (χ0n) is 16.9. The first-order chi connectivity index (χ1) is 12.7. The van der Waals surface area contributed by atoms with Crippen molar-refractivity contribution in [1.29, 1.82) is 0 Å². The molecule has 0 aliphatic rings. The summed E-state index contributed by atoms with van der Waals surface area (Å²) in [6.07, 6.45) is 0.622. The highest BCUT2D eigenvalue weighted by Gasteiger charge is 2.15. The molecular weight excluding hydrogens is 481 g/mol. The van der Waals surface area contributed by atoms with E-state index in [1.54, 1.807) is 0 Å². The van der Waals surface area contributed by atoms with E-state index in [0.717, 1.165) is 6.07 Å². The summed E-state index contributed by atoms with van der Waals surface area (Å²) in [6, 6.07) is 3.57. The highest BCUT2D eigenvalue weighted by atomic mass is 127. The minimum Gasteiger partial charge on any atom is -0.444 e. The minimum atomic E-state index is -0.584. The van der Waals surface area contributed by atoms with Crippen LogP contribution in [0.5, 0.6) is 0 Å². The van der Waals surface area contributed by atoms with Gasteiger partial charge in [0, 0.05) is 32.2 Å². The van der Waals surface area contributed by atoms with E-state index in [-0.39, 0.29) is 24.0 Å². The van der Waals surface area contributed by atoms with Gasteiger partial charge in [0.2, 0.25) is 0 Å². The van der Waals surface area contributed by atoms with Gasteiger partial charge in [0.1, 0.15) is 17.2 Å². The first-order valence-electron chi connectivity index (χ1n) is 9.14. The highest BCUT2D eigenvalue weighted by Crippen LogP contribution is 2.09. The van der Waals surface area contributed by atoms with E-state index >= 15 is 0 Å². The van der Waals surface area contributed by atoms with Crippen molar-refractivity contribution in [2.45, 2.75) is 46.1 Å². The summed E-state index contributed by atoms with van der Waals surface area (Å²) in [5.74, 6) is -0.525. The minimum absolute atomic E-state index is 0. The van der Waals surface area contributed by atoms with Gasteiger partial charge in [-0.25, -0.2) is 13.6 Å². The summed E-state index contributed by atoms with van der Waals surface area (Å²) in [5, 5.41) is 8.88. The molecule has 9 heteroatoms. The van der Waals surface area contributed by atoms with Crippen LogP contribution in [-0.4, -0.2) is 43.8 Å². The molecule has 0 radical (unpaired) electrons. The topological polar surface area (TPSA) is 74.8 Å². The molecule has 1 amide bonds. The number of carbonyl (C=O) groups is 1. The molecule has 0 aliphatic heterocycles. The summed E-state index contributed by atoms with van der Waals surface area (Å²) in [6.45, 7) is 9.49. The van der Waals surface area contributed by atoms with E-state index in [1.165, 1.54) is 12.1 Å². The van der Waals surface area contributed by atoms with Crippen LogP contribution in [0.4, 0.5) is 13.6 Å². The average molecular weight is 512 g/mol. The maximum absolute atomic E-state index is 13.6. The summed E-state index contributed by atoms with van der Waals surface area (Å²) in [5.41, 5.74) is -0.0738. The normalized spacial score (nSPS) is 11.4. The number of alkyl carbamates (subject to hydrolysis) is 1. The van der Waals surface area contributed by atoms with Crippen LogP contribution in [0, 0.1) is 11.6 Å². The van der Waals surface area contributed by atoms with Gasteiger partial charge in [0.05, 0.1) is 0 Å². The average Bonchev–Trinajstić information content (AvgIpc) is 2.54. The largest absolute Gasteiger partial charge is 0.444 e. The number of aliphatic imine (C=N–C) groups is 1. The monoisotopic (exact) mass is 512 g/mol. The van der Waals surface area contributed by atoms with E-state index in [0.29, 0.717) is 50.5 Å². The van der Waals surface area contributed by atoms with Gasteiger partial charge in [-0.2, -0.15) is 0 Å². The zero-order chi connectivity index (χ0) is 20.3. The van der Waals surface area contributed by atoms with Crippen molar-refractivity contribution in [1.82, 2.24) is 16.0 Å². The number of hydrogen-bond donors (Lipinski definition) is 3. The predicted molar refractivity (Wildman–Crippen MR) is 118 cm³/mol. The number of halogens is 3. The Bertz CT molecular complexity index is 637. The van der Waals surface area contributed by atoms with Gasteiger partial charge in [-0.3, -0.25) is 4.99 Å². The number of amides is 1. The molecule has 0 aromatic heterocycles. The molecule has 1 aromatic rings. The Morgan fingerprint density at radius 2 is 1.86 bits per heavy atom. The van der Waals surface area contributed by atoms with Gasteiger partial charge in [-0.05, 0) is 52.2 Å². The number of benzene rings is 1. The van der Waals surface area contributed by atoms with Crippen LogP contribution in [0.1, 0.15) is 39.7 Å². The van der Waals surface area contributed by atoms with Crippen LogP contribution in [0.2, 0.25) is 0 Å². The number of rotatable bonds is 8. The van der Waals surface area contributed by atoms with Gasteiger partial charge >= 0.3 is 6.09 Å². The van der Waals surface area contributed by atoms with Crippen LogP contribution in [-0.2, 0) is 11.2 Å². The molecule has 0 saturated carbocycles. The maximum atomic E-state index is 13.6. The third-order valence-corrected chi connectivity index (χ3v) is 3.32. The molecule has 1 rings (SSSR count). The first kappa shape index (κ1) is 26.4. The maximum Gasteiger partial charge on any atom is 0.407 e. The fourth-order valence-electron chi connectivity index (χ4n) is 2.16. The van der Waals surface area contributed by atoms with Crippen molar-refractivity contribution in [3.8, 4) is 0 Å². The van der Waals surface area contributed by atoms with E-state index in [9.17, 15) is 13.6 Å². The molecule has 0 fully saturated rings. The lowest BCUT2D eigenvalue weighted by molar-refractivity contribution is 0.0527. The molecule has 0 bridgehead atoms. The van der Waals surface area contributed by atoms with Crippen LogP contribution < -0.4 is 16.0 Å². The van der Waals surface area contributed by atoms with Crippen LogP contribution in [0.3, 0.4) is 0 Å². The van der Waals surface area contributed by atoms with Crippen LogP contribution >= 0.6 is 24.0 Å². The second kappa shape index (κ2) is 13.5. The van der Waals surface area contributed by atoms with Gasteiger partial charge in [-0.15, -0.1) is 24.0 Å². The Labute approximate surface area is 182 Å². The van der Waals surface area contributed by atoms with Crippen LogP contribution in [0.15, 0.2) is 23.2 Å². The molecule has 0 aliphatic carbocycles. The molecule has 0 spiro atoms. The van der Waals surface area contributed by atoms with E-state index in [2.05, 4.69) is 20.9 Å². The van der Waals surface area contributed by atoms with Crippen LogP contribution in [0.25, 0.3) is 0 Å². The standard InChI is InChI=1S/C19H30F2N4O2.HI/c1-5-22-17(23-10-6-11-25-18(26)27-19(2,3)4)24-12-9-14-7-8-15(20)13-16(14)21;/h7-8,13H,5-6,9-12H2,1-4H3,(H,25,26)(H2,22,23,24);1H. The lowest BCUT2D eigenvalue weighted by Gasteiger charge is -2.19. The van der Waals surface area contributed by atoms with Gasteiger partial charge in [0.25, 0.3) is 0 Å². The molecule has 0 saturated heterocycles. The van der Waals surface area contributed by atoms with Crippen molar-refractivity contribution < 1.29 is 18.3 Å². The van der Waals surface area contributed by atoms with Crippen molar-refractivity contribution in [2.24, 2.45) is 4.99 Å². The summed E-state index contributed by atoms with van der Waals surface area (Å²) in [7, 11) is 0. The third-order valence-electron chi connectivity index (χ3n) is 3.32. The second-order valence-electron chi connectivity index (χ2n) is 6.96. The van der Waals surface area contributed by atoms with E-state index in [1.807, 2.05) is 27.7 Å². The van der Waals surface area contributed by atoms with Gasteiger partial charge in [0.15, 0.2) is 5.96 Å². The molecule has 0 atom stereocenters. The lowest BCUT2D eigenvalue weighted by atomic mass is 10.1. The smallest absolute Gasteiger partial charge is 0.407 e. The molecule has 3 N–H and O–H groups in total. The first-order valence-corrected chi connectivity index (χ1v) is 9.14. The van der Waals surface area contributed by atoms with Gasteiger partial charge < -0.3 is 20.7 Å². The van der Waals surface area contributed by atoms with Crippen molar-refractivity contribution in [2.75, 3.05) is 26.2 Å². The summed E-state index contributed by atoms with van der Waals surface area (Å²) >= 11 is 0. The van der Waals surface area contributed by atoms with Crippen molar-refractivity contribution in [3.63, 3.8) is 0 Å². The molecule has 6 nitrogen and oxygen atoms in total. The zero-order valence-corrected chi connectivity index (χ0v) is 19.2. The number of carbonyl (C=O) groups excluding carboxylic acids is 1. The number of nitrogens with one attached hydrogen (secondary N) is 3. The molecule has 1 aromatic carbocycles. The second-order valence-corrected chi connectivity index (χ2v) is 6.96. The fourth-order valence-corrected chi connectivity index (χ4v) is 2.16. The Kier molecular flexibility index (Phi) is 12.7. The Morgan fingerprint density at radius 3 is 2.46 bits per heavy atom. The Hall–Kier alpha value is -1.65. The van der Waals surface area contributed by atoms with Crippen molar-refractivity contribution in [3.05, 3.63) is 35.4 Å². The lowest BCUT2D eigenvalue weighted by Crippen LogP contribution is -2.38.